The summed E-state index contributed by atoms with van der Waals surface area (Å²) in [5.41, 5.74) is 0.876. The van der Waals surface area contributed by atoms with Crippen LogP contribution in [0, 0.1) is 5.92 Å². The van der Waals surface area contributed by atoms with Crippen molar-refractivity contribution >= 4 is 23.7 Å². The largest absolute Gasteiger partial charge is 0.467 e. The highest BCUT2D eigenvalue weighted by Crippen LogP contribution is 2.07. The van der Waals surface area contributed by atoms with Crippen molar-refractivity contribution in [3.8, 4) is 0 Å². The third kappa shape index (κ3) is 7.38. The zero-order valence-corrected chi connectivity index (χ0v) is 16.9. The van der Waals surface area contributed by atoms with Gasteiger partial charge in [0.05, 0.1) is 7.11 Å². The Kier molecular flexibility index (Phi) is 9.14. The number of amides is 3. The predicted octanol–water partition coefficient (Wildman–Crippen LogP) is 0.552. The first-order chi connectivity index (χ1) is 13.1. The standard InChI is InChI=1S/C20H29N3O5/c1-12(2)17(19(26)21-13(3)20(27)28-5)23-18(25)16(22-14(4)24)11-15-9-7-6-8-10-15/h6-10,12-13,16-17H,11H2,1-5H3,(H,21,26)(H,22,24)(H,23,25). The fourth-order valence-electron chi connectivity index (χ4n) is 2.63. The number of rotatable bonds is 9. The van der Waals surface area contributed by atoms with E-state index in [1.165, 1.54) is 21.0 Å². The summed E-state index contributed by atoms with van der Waals surface area (Å²) in [4.78, 5) is 48.4. The monoisotopic (exact) mass is 391 g/mol. The van der Waals surface area contributed by atoms with Crippen molar-refractivity contribution in [3.05, 3.63) is 35.9 Å². The lowest BCUT2D eigenvalue weighted by Crippen LogP contribution is -2.57. The van der Waals surface area contributed by atoms with Crippen molar-refractivity contribution in [2.75, 3.05) is 7.11 Å². The minimum Gasteiger partial charge on any atom is -0.467 e. The molecule has 0 fully saturated rings. The Hall–Kier alpha value is -2.90. The van der Waals surface area contributed by atoms with Gasteiger partial charge in [0.2, 0.25) is 17.7 Å². The van der Waals surface area contributed by atoms with Crippen LogP contribution in [-0.2, 0) is 30.3 Å². The van der Waals surface area contributed by atoms with Gasteiger partial charge in [-0.05, 0) is 18.4 Å². The predicted molar refractivity (Wildman–Crippen MR) is 104 cm³/mol. The summed E-state index contributed by atoms with van der Waals surface area (Å²) in [6.07, 6.45) is 0.289. The van der Waals surface area contributed by atoms with Crippen molar-refractivity contribution in [1.82, 2.24) is 16.0 Å². The molecule has 8 nitrogen and oxygen atoms in total. The number of esters is 1. The van der Waals surface area contributed by atoms with Gasteiger partial charge >= 0.3 is 5.97 Å². The average molecular weight is 391 g/mol. The highest BCUT2D eigenvalue weighted by Gasteiger charge is 2.30. The van der Waals surface area contributed by atoms with E-state index in [-0.39, 0.29) is 18.2 Å². The lowest BCUT2D eigenvalue weighted by Gasteiger charge is -2.26. The molecule has 154 valence electrons. The molecule has 3 atom stereocenters. The first kappa shape index (κ1) is 23.1. The zero-order chi connectivity index (χ0) is 21.3. The molecule has 0 saturated heterocycles. The van der Waals surface area contributed by atoms with Crippen LogP contribution < -0.4 is 16.0 Å². The smallest absolute Gasteiger partial charge is 0.328 e. The number of nitrogens with one attached hydrogen (secondary N) is 3. The number of hydrogen-bond donors (Lipinski definition) is 3. The van der Waals surface area contributed by atoms with E-state index in [4.69, 9.17) is 0 Å². The molecule has 0 saturated carbocycles. The summed E-state index contributed by atoms with van der Waals surface area (Å²) in [6, 6.07) is 6.72. The highest BCUT2D eigenvalue weighted by molar-refractivity contribution is 5.93. The van der Waals surface area contributed by atoms with E-state index in [1.807, 2.05) is 30.3 Å². The Morgan fingerprint density at radius 3 is 2.04 bits per heavy atom. The Bertz CT molecular complexity index is 690. The highest BCUT2D eigenvalue weighted by atomic mass is 16.5. The van der Waals surface area contributed by atoms with Gasteiger partial charge in [0.15, 0.2) is 0 Å². The van der Waals surface area contributed by atoms with Gasteiger partial charge in [-0.25, -0.2) is 4.79 Å². The average Bonchev–Trinajstić information content (AvgIpc) is 2.64. The van der Waals surface area contributed by atoms with Crippen LogP contribution >= 0.6 is 0 Å². The number of carbonyl (C=O) groups excluding carboxylic acids is 4. The van der Waals surface area contributed by atoms with E-state index in [0.29, 0.717) is 0 Å². The quantitative estimate of drug-likeness (QED) is 0.532. The minimum atomic E-state index is -0.869. The zero-order valence-electron chi connectivity index (χ0n) is 16.9. The molecule has 28 heavy (non-hydrogen) atoms. The molecule has 1 rings (SSSR count). The van der Waals surface area contributed by atoms with Gasteiger partial charge in [-0.1, -0.05) is 44.2 Å². The summed E-state index contributed by atoms with van der Waals surface area (Å²) in [5.74, 6) is -2.13. The molecule has 0 aliphatic heterocycles. The van der Waals surface area contributed by atoms with Crippen LogP contribution in [0.15, 0.2) is 30.3 Å². The Morgan fingerprint density at radius 1 is 0.929 bits per heavy atom. The Balaban J connectivity index is 2.89. The van der Waals surface area contributed by atoms with Gasteiger partial charge in [0.25, 0.3) is 0 Å². The lowest BCUT2D eigenvalue weighted by molar-refractivity contribution is -0.145. The summed E-state index contributed by atoms with van der Waals surface area (Å²) in [7, 11) is 1.23. The maximum absolute atomic E-state index is 12.8. The van der Waals surface area contributed by atoms with Crippen LogP contribution in [0.5, 0.6) is 0 Å². The Labute approximate surface area is 165 Å². The van der Waals surface area contributed by atoms with Gasteiger partial charge in [0, 0.05) is 13.3 Å². The number of methoxy groups -OCH3 is 1. The second-order valence-corrected chi connectivity index (χ2v) is 6.93. The molecule has 1 aromatic carbocycles. The minimum absolute atomic E-state index is 0.233. The van der Waals surface area contributed by atoms with Crippen LogP contribution in [-0.4, -0.2) is 48.9 Å². The van der Waals surface area contributed by atoms with E-state index in [1.54, 1.807) is 13.8 Å². The second-order valence-electron chi connectivity index (χ2n) is 6.93. The number of ether oxygens (including phenoxy) is 1. The molecular formula is C20H29N3O5. The molecule has 3 N–H and O–H groups in total. The van der Waals surface area contributed by atoms with Crippen molar-refractivity contribution in [2.24, 2.45) is 5.92 Å². The van der Waals surface area contributed by atoms with E-state index >= 15 is 0 Å². The molecule has 0 bridgehead atoms. The molecule has 0 spiro atoms. The first-order valence-corrected chi connectivity index (χ1v) is 9.15. The normalized spacial score (nSPS) is 13.8. The molecular weight excluding hydrogens is 362 g/mol. The molecule has 0 aromatic heterocycles. The summed E-state index contributed by atoms with van der Waals surface area (Å²) >= 11 is 0. The molecule has 3 amide bonds. The Morgan fingerprint density at radius 2 is 1.54 bits per heavy atom. The molecule has 0 aliphatic rings. The molecule has 3 unspecified atom stereocenters. The molecule has 0 radical (unpaired) electrons. The molecule has 0 heterocycles. The number of hydrogen-bond acceptors (Lipinski definition) is 5. The molecule has 8 heteroatoms. The summed E-state index contributed by atoms with van der Waals surface area (Å²) < 4.78 is 4.59. The van der Waals surface area contributed by atoms with Crippen LogP contribution in [0.2, 0.25) is 0 Å². The SMILES string of the molecule is COC(=O)C(C)NC(=O)C(NC(=O)C(Cc1ccccc1)NC(C)=O)C(C)C. The van der Waals surface area contributed by atoms with Crippen LogP contribution in [0.3, 0.4) is 0 Å². The van der Waals surface area contributed by atoms with Crippen LogP contribution in [0.4, 0.5) is 0 Å². The van der Waals surface area contributed by atoms with Gasteiger partial charge in [-0.15, -0.1) is 0 Å². The van der Waals surface area contributed by atoms with Gasteiger partial charge < -0.3 is 20.7 Å². The van der Waals surface area contributed by atoms with E-state index in [9.17, 15) is 19.2 Å². The molecule has 1 aromatic rings. The third-order valence-corrected chi connectivity index (χ3v) is 4.14. The van der Waals surface area contributed by atoms with Crippen molar-refractivity contribution in [2.45, 2.75) is 52.2 Å². The maximum Gasteiger partial charge on any atom is 0.328 e. The van der Waals surface area contributed by atoms with E-state index in [2.05, 4.69) is 20.7 Å². The summed E-state index contributed by atoms with van der Waals surface area (Å²) in [5, 5.41) is 7.84. The number of benzene rings is 1. The first-order valence-electron chi connectivity index (χ1n) is 9.15. The van der Waals surface area contributed by atoms with Crippen LogP contribution in [0.25, 0.3) is 0 Å². The van der Waals surface area contributed by atoms with Crippen molar-refractivity contribution in [1.29, 1.82) is 0 Å². The molecule has 0 aliphatic carbocycles. The topological polar surface area (TPSA) is 114 Å². The fourth-order valence-corrected chi connectivity index (χ4v) is 2.63. The second kappa shape index (κ2) is 11.1. The van der Waals surface area contributed by atoms with Gasteiger partial charge in [-0.3, -0.25) is 14.4 Å². The van der Waals surface area contributed by atoms with Crippen LogP contribution in [0.1, 0.15) is 33.3 Å². The van der Waals surface area contributed by atoms with Crippen molar-refractivity contribution < 1.29 is 23.9 Å². The fraction of sp³-hybridized carbons (Fsp3) is 0.500. The maximum atomic E-state index is 12.8. The summed E-state index contributed by atoms with van der Waals surface area (Å²) in [6.45, 7) is 6.38. The third-order valence-electron chi connectivity index (χ3n) is 4.14. The number of carbonyl (C=O) groups is 4. The van der Waals surface area contributed by atoms with Crippen molar-refractivity contribution in [3.63, 3.8) is 0 Å². The van der Waals surface area contributed by atoms with E-state index < -0.39 is 35.9 Å². The van der Waals surface area contributed by atoms with E-state index in [0.717, 1.165) is 5.56 Å². The van der Waals surface area contributed by atoms with Gasteiger partial charge in [0.1, 0.15) is 18.1 Å². The van der Waals surface area contributed by atoms with Gasteiger partial charge in [-0.2, -0.15) is 0 Å². The lowest BCUT2D eigenvalue weighted by atomic mass is 10.0.